The molecule has 262 valence electrons. The molecule has 2 aromatic carbocycles. The van der Waals surface area contributed by atoms with Crippen molar-refractivity contribution in [3.63, 3.8) is 0 Å². The maximum atomic E-state index is 15.2. The highest BCUT2D eigenvalue weighted by Crippen LogP contribution is 2.54. The lowest BCUT2D eigenvalue weighted by Gasteiger charge is -2.47. The molecule has 2 atom stereocenters. The zero-order valence-electron chi connectivity index (χ0n) is 30.1. The number of pyridine rings is 1. The number of likely N-dealkylation sites (tertiary alicyclic amines) is 1. The summed E-state index contributed by atoms with van der Waals surface area (Å²) in [6.07, 6.45) is 2.77. The molecule has 0 saturated carbocycles. The summed E-state index contributed by atoms with van der Waals surface area (Å²) >= 11 is 12.8. The van der Waals surface area contributed by atoms with E-state index in [1.54, 1.807) is 11.1 Å². The third-order valence-electron chi connectivity index (χ3n) is 9.62. The molecule has 8 nitrogen and oxygen atoms in total. The van der Waals surface area contributed by atoms with Crippen LogP contribution in [-0.4, -0.2) is 57.9 Å². The summed E-state index contributed by atoms with van der Waals surface area (Å²) in [5.74, 6) is 0.540. The quantitative estimate of drug-likeness (QED) is 0.239. The molecule has 3 aromatic rings. The van der Waals surface area contributed by atoms with E-state index in [4.69, 9.17) is 42.7 Å². The van der Waals surface area contributed by atoms with E-state index >= 15 is 4.79 Å². The molecular formula is C39H48Cl2N4O4. The fourth-order valence-corrected chi connectivity index (χ4v) is 6.94. The third-order valence-corrected chi connectivity index (χ3v) is 10.1. The number of amidine groups is 1. The lowest BCUT2D eigenvalue weighted by Crippen LogP contribution is -2.59. The first-order valence-electron chi connectivity index (χ1n) is 17.0. The molecular weight excluding hydrogens is 659 g/mol. The Labute approximate surface area is 300 Å². The van der Waals surface area contributed by atoms with Crippen LogP contribution in [0.3, 0.4) is 0 Å². The van der Waals surface area contributed by atoms with Crippen molar-refractivity contribution >= 4 is 41.0 Å². The minimum absolute atomic E-state index is 0.223. The van der Waals surface area contributed by atoms with Gasteiger partial charge in [-0.3, -0.25) is 19.7 Å². The average Bonchev–Trinajstić information content (AvgIpc) is 3.28. The number of aliphatic imine (C=N–C) groups is 1. The number of nitrogens with zero attached hydrogens (tertiary/aromatic N) is 4. The number of hydrogen-bond donors (Lipinski definition) is 0. The van der Waals surface area contributed by atoms with Gasteiger partial charge in [-0.05, 0) is 89.8 Å². The smallest absolute Gasteiger partial charge is 0.326 e. The van der Waals surface area contributed by atoms with Crippen molar-refractivity contribution in [2.75, 3.05) is 19.7 Å². The third kappa shape index (κ3) is 7.18. The minimum atomic E-state index is -1.05. The van der Waals surface area contributed by atoms with Crippen LogP contribution in [0.25, 0.3) is 0 Å². The fourth-order valence-electron chi connectivity index (χ4n) is 6.69. The van der Waals surface area contributed by atoms with Gasteiger partial charge in [0.1, 0.15) is 28.3 Å². The molecule has 0 bridgehead atoms. The van der Waals surface area contributed by atoms with Crippen molar-refractivity contribution in [3.05, 3.63) is 93.2 Å². The number of amides is 2. The summed E-state index contributed by atoms with van der Waals surface area (Å²) in [4.78, 5) is 42.1. The second kappa shape index (κ2) is 13.6. The number of benzene rings is 2. The second-order valence-electron chi connectivity index (χ2n) is 15.3. The Kier molecular flexibility index (Phi) is 10.2. The van der Waals surface area contributed by atoms with Gasteiger partial charge in [-0.2, -0.15) is 0 Å². The van der Waals surface area contributed by atoms with E-state index in [1.807, 2.05) is 101 Å². The van der Waals surface area contributed by atoms with Gasteiger partial charge in [0.15, 0.2) is 0 Å². The molecule has 2 aliphatic rings. The Morgan fingerprint density at radius 1 is 0.898 bits per heavy atom. The zero-order chi connectivity index (χ0) is 35.9. The first-order valence-corrected chi connectivity index (χ1v) is 17.7. The first-order chi connectivity index (χ1) is 22.9. The van der Waals surface area contributed by atoms with Crippen molar-refractivity contribution < 1.29 is 19.1 Å². The zero-order valence-corrected chi connectivity index (χ0v) is 31.6. The number of esters is 1. The molecule has 0 spiro atoms. The summed E-state index contributed by atoms with van der Waals surface area (Å²) in [5, 5.41) is 1.19. The number of piperidine rings is 1. The molecule has 5 rings (SSSR count). The van der Waals surface area contributed by atoms with Gasteiger partial charge >= 0.3 is 12.0 Å². The van der Waals surface area contributed by atoms with Crippen molar-refractivity contribution in [2.24, 2.45) is 10.9 Å². The van der Waals surface area contributed by atoms with Gasteiger partial charge in [0, 0.05) is 46.5 Å². The molecule has 1 fully saturated rings. The van der Waals surface area contributed by atoms with Gasteiger partial charge in [0.2, 0.25) is 0 Å². The Bertz CT molecular complexity index is 1720. The molecule has 0 N–H and O–H groups in total. The first kappa shape index (κ1) is 36.7. The van der Waals surface area contributed by atoms with E-state index in [0.29, 0.717) is 59.7 Å². The van der Waals surface area contributed by atoms with E-state index in [2.05, 4.69) is 20.8 Å². The van der Waals surface area contributed by atoms with E-state index in [9.17, 15) is 4.79 Å². The van der Waals surface area contributed by atoms with Crippen LogP contribution in [0.2, 0.25) is 10.0 Å². The maximum absolute atomic E-state index is 15.2. The van der Waals surface area contributed by atoms with Crippen LogP contribution in [0.4, 0.5) is 4.79 Å². The highest BCUT2D eigenvalue weighted by molar-refractivity contribution is 6.30. The van der Waals surface area contributed by atoms with E-state index in [1.165, 1.54) is 0 Å². The van der Waals surface area contributed by atoms with Gasteiger partial charge in [-0.25, -0.2) is 4.79 Å². The van der Waals surface area contributed by atoms with E-state index in [0.717, 1.165) is 16.8 Å². The molecule has 49 heavy (non-hydrogen) atoms. The molecule has 2 aliphatic heterocycles. The Morgan fingerprint density at radius 2 is 1.45 bits per heavy atom. The van der Waals surface area contributed by atoms with Crippen LogP contribution in [0, 0.1) is 5.92 Å². The molecule has 10 heteroatoms. The van der Waals surface area contributed by atoms with Crippen molar-refractivity contribution in [2.45, 2.75) is 97.2 Å². The Morgan fingerprint density at radius 3 is 1.96 bits per heavy atom. The summed E-state index contributed by atoms with van der Waals surface area (Å²) in [7, 11) is 0. The van der Waals surface area contributed by atoms with Crippen molar-refractivity contribution in [1.82, 2.24) is 14.8 Å². The van der Waals surface area contributed by atoms with Gasteiger partial charge in [-0.1, -0.05) is 68.2 Å². The molecule has 2 amide bonds. The number of urea groups is 1. The number of carbonyl (C=O) groups excluding carboxylic acids is 2. The van der Waals surface area contributed by atoms with Crippen LogP contribution in [0.5, 0.6) is 5.75 Å². The van der Waals surface area contributed by atoms with E-state index in [-0.39, 0.29) is 23.3 Å². The number of carbonyl (C=O) groups is 2. The molecule has 0 unspecified atom stereocenters. The summed E-state index contributed by atoms with van der Waals surface area (Å²) < 4.78 is 11.9. The number of halogens is 2. The summed E-state index contributed by atoms with van der Waals surface area (Å²) in [5.41, 5.74) is 0.359. The predicted octanol–water partition coefficient (Wildman–Crippen LogP) is 9.15. The molecule has 0 aliphatic carbocycles. The number of aromatic nitrogens is 1. The van der Waals surface area contributed by atoms with Crippen LogP contribution < -0.4 is 4.74 Å². The van der Waals surface area contributed by atoms with Crippen LogP contribution in [0.15, 0.2) is 65.8 Å². The summed E-state index contributed by atoms with van der Waals surface area (Å²) in [6, 6.07) is 16.9. The van der Waals surface area contributed by atoms with Gasteiger partial charge < -0.3 is 14.4 Å². The standard InChI is InChI=1S/C39H48Cl2N4O4/c1-10-48-31-23-32(36(2,3)4)42-24-30(31)33-43-38(8,26-11-15-28(40)16-12-26)39(9,27-13-17-29(41)18-14-27)45(33)35(47)44-21-19-25(20-22-44)34(46)49-37(5,6)7/h11-18,23-25H,10,19-22H2,1-9H3/t38-,39+/m0/s1. The minimum Gasteiger partial charge on any atom is -0.493 e. The van der Waals surface area contributed by atoms with Crippen LogP contribution >= 0.6 is 23.2 Å². The highest BCUT2D eigenvalue weighted by atomic mass is 35.5. The summed E-state index contributed by atoms with van der Waals surface area (Å²) in [6.45, 7) is 19.1. The normalized spacial score (nSPS) is 21.8. The molecule has 1 saturated heterocycles. The van der Waals surface area contributed by atoms with Gasteiger partial charge in [-0.15, -0.1) is 0 Å². The fraction of sp³-hybridized carbons (Fsp3) is 0.487. The SMILES string of the molecule is CCOc1cc(C(C)(C)C)ncc1C1=N[C@@](C)(c2ccc(Cl)cc2)[C@@](C)(c2ccc(Cl)cc2)N1C(=O)N1CCC(C(=O)OC(C)(C)C)CC1. The number of rotatable bonds is 6. The van der Waals surface area contributed by atoms with Gasteiger partial charge in [0.05, 0.1) is 18.1 Å². The highest BCUT2D eigenvalue weighted by Gasteiger charge is 2.60. The monoisotopic (exact) mass is 706 g/mol. The second-order valence-corrected chi connectivity index (χ2v) is 16.1. The lowest BCUT2D eigenvalue weighted by atomic mass is 9.71. The number of hydrogen-bond acceptors (Lipinski definition) is 6. The topological polar surface area (TPSA) is 84.3 Å². The Hall–Kier alpha value is -3.62. The number of ether oxygens (including phenoxy) is 2. The average molecular weight is 708 g/mol. The molecule has 1 aromatic heterocycles. The lowest BCUT2D eigenvalue weighted by molar-refractivity contribution is -0.161. The van der Waals surface area contributed by atoms with E-state index < -0.39 is 16.7 Å². The van der Waals surface area contributed by atoms with Gasteiger partial charge in [0.25, 0.3) is 0 Å². The molecule has 3 heterocycles. The predicted molar refractivity (Wildman–Crippen MR) is 196 cm³/mol. The molecule has 0 radical (unpaired) electrons. The Balaban J connectivity index is 1.68. The maximum Gasteiger partial charge on any atom is 0.326 e. The van der Waals surface area contributed by atoms with Crippen molar-refractivity contribution in [3.8, 4) is 5.75 Å². The van der Waals surface area contributed by atoms with Crippen LogP contribution in [-0.2, 0) is 26.0 Å². The largest absolute Gasteiger partial charge is 0.493 e. The van der Waals surface area contributed by atoms with Crippen molar-refractivity contribution in [1.29, 1.82) is 0 Å². The van der Waals surface area contributed by atoms with Crippen LogP contribution in [0.1, 0.15) is 97.5 Å².